The quantitative estimate of drug-likeness (QED) is 0.589. The molecular formula is C14H19FN2O2. The summed E-state index contributed by atoms with van der Waals surface area (Å²) in [6.45, 7) is 1.12. The van der Waals surface area contributed by atoms with Gasteiger partial charge >= 0.3 is 0 Å². The lowest BCUT2D eigenvalue weighted by Crippen LogP contribution is -2.15. The number of amides is 1. The Bertz CT molecular complexity index is 447. The van der Waals surface area contributed by atoms with Crippen molar-refractivity contribution < 1.29 is 13.9 Å². The van der Waals surface area contributed by atoms with Crippen molar-refractivity contribution in [3.63, 3.8) is 0 Å². The van der Waals surface area contributed by atoms with Crippen LogP contribution in [0.15, 0.2) is 18.2 Å². The minimum atomic E-state index is -0.418. The lowest BCUT2D eigenvalue weighted by atomic mass is 10.2. The van der Waals surface area contributed by atoms with Gasteiger partial charge in [0.15, 0.2) is 0 Å². The van der Waals surface area contributed by atoms with Gasteiger partial charge in [-0.15, -0.1) is 0 Å². The van der Waals surface area contributed by atoms with E-state index in [9.17, 15) is 9.18 Å². The van der Waals surface area contributed by atoms with E-state index in [1.54, 1.807) is 0 Å². The highest BCUT2D eigenvalue weighted by molar-refractivity contribution is 5.93. The maximum atomic E-state index is 12.8. The summed E-state index contributed by atoms with van der Waals surface area (Å²) in [5.74, 6) is 0.247. The van der Waals surface area contributed by atoms with E-state index < -0.39 is 5.82 Å². The number of benzene rings is 1. The predicted octanol–water partition coefficient (Wildman–Crippen LogP) is 2.55. The number of anilines is 2. The van der Waals surface area contributed by atoms with Gasteiger partial charge in [-0.05, 0) is 30.5 Å². The van der Waals surface area contributed by atoms with Gasteiger partial charge < -0.3 is 15.8 Å². The van der Waals surface area contributed by atoms with Crippen molar-refractivity contribution in [3.8, 4) is 0 Å². The van der Waals surface area contributed by atoms with E-state index in [1.165, 1.54) is 31.0 Å². The summed E-state index contributed by atoms with van der Waals surface area (Å²) in [7, 11) is 0. The summed E-state index contributed by atoms with van der Waals surface area (Å²) in [4.78, 5) is 11.6. The molecule has 0 unspecified atom stereocenters. The zero-order chi connectivity index (χ0) is 13.7. The van der Waals surface area contributed by atoms with Crippen molar-refractivity contribution in [1.82, 2.24) is 0 Å². The second kappa shape index (κ2) is 6.52. The summed E-state index contributed by atoms with van der Waals surface area (Å²) in [6.07, 6.45) is 4.00. The second-order valence-electron chi connectivity index (χ2n) is 4.87. The van der Waals surface area contributed by atoms with Crippen LogP contribution < -0.4 is 11.1 Å². The van der Waals surface area contributed by atoms with Crippen LogP contribution in [0.4, 0.5) is 15.8 Å². The van der Waals surface area contributed by atoms with Crippen molar-refractivity contribution in [2.75, 3.05) is 24.3 Å². The molecule has 1 aromatic carbocycles. The molecule has 1 aliphatic carbocycles. The van der Waals surface area contributed by atoms with Gasteiger partial charge in [0, 0.05) is 6.61 Å². The van der Waals surface area contributed by atoms with Crippen molar-refractivity contribution in [3.05, 3.63) is 24.0 Å². The third-order valence-corrected chi connectivity index (χ3v) is 3.13. The normalized spacial score (nSPS) is 14.4. The Kier molecular flexibility index (Phi) is 4.74. The fourth-order valence-electron chi connectivity index (χ4n) is 1.78. The smallest absolute Gasteiger partial charge is 0.226 e. The predicted molar refractivity (Wildman–Crippen MR) is 72.2 cm³/mol. The lowest BCUT2D eigenvalue weighted by molar-refractivity contribution is -0.117. The summed E-state index contributed by atoms with van der Waals surface area (Å²) < 4.78 is 18.2. The molecule has 1 saturated carbocycles. The third kappa shape index (κ3) is 4.87. The minimum Gasteiger partial charge on any atom is -0.397 e. The topological polar surface area (TPSA) is 64.3 Å². The maximum Gasteiger partial charge on any atom is 0.226 e. The van der Waals surface area contributed by atoms with Gasteiger partial charge in [-0.3, -0.25) is 4.79 Å². The standard InChI is InChI=1S/C14H19FN2O2/c15-11-3-4-13(12(16)9-11)17-14(18)6-8-19-7-5-10-1-2-10/h3-4,9-10H,1-2,5-8,16H2,(H,17,18). The fraction of sp³-hybridized carbons (Fsp3) is 0.500. The fourth-order valence-corrected chi connectivity index (χ4v) is 1.78. The number of halogens is 1. The first-order valence-corrected chi connectivity index (χ1v) is 6.58. The van der Waals surface area contributed by atoms with Gasteiger partial charge in [0.1, 0.15) is 5.82 Å². The SMILES string of the molecule is Nc1cc(F)ccc1NC(=O)CCOCCC1CC1. The van der Waals surface area contributed by atoms with Crippen LogP contribution in [0.5, 0.6) is 0 Å². The van der Waals surface area contributed by atoms with Crippen LogP contribution in [-0.2, 0) is 9.53 Å². The average Bonchev–Trinajstić information content (AvgIpc) is 3.16. The Hall–Kier alpha value is -1.62. The molecule has 0 spiro atoms. The molecular weight excluding hydrogens is 247 g/mol. The Morgan fingerprint density at radius 1 is 1.42 bits per heavy atom. The van der Waals surface area contributed by atoms with E-state index in [0.717, 1.165) is 18.9 Å². The van der Waals surface area contributed by atoms with E-state index in [0.29, 0.717) is 12.3 Å². The highest BCUT2D eigenvalue weighted by Crippen LogP contribution is 2.32. The number of hydrogen-bond acceptors (Lipinski definition) is 3. The first kappa shape index (κ1) is 13.8. The average molecular weight is 266 g/mol. The summed E-state index contributed by atoms with van der Waals surface area (Å²) in [5, 5.41) is 2.64. The molecule has 1 fully saturated rings. The Balaban J connectivity index is 1.65. The minimum absolute atomic E-state index is 0.176. The second-order valence-corrected chi connectivity index (χ2v) is 4.87. The summed E-state index contributed by atoms with van der Waals surface area (Å²) in [6, 6.07) is 3.90. The largest absolute Gasteiger partial charge is 0.397 e. The molecule has 0 radical (unpaired) electrons. The van der Waals surface area contributed by atoms with Crippen molar-refractivity contribution in [2.24, 2.45) is 5.92 Å². The highest BCUT2D eigenvalue weighted by atomic mass is 19.1. The number of carbonyl (C=O) groups is 1. The third-order valence-electron chi connectivity index (χ3n) is 3.13. The van der Waals surface area contributed by atoms with Crippen molar-refractivity contribution in [1.29, 1.82) is 0 Å². The molecule has 5 heteroatoms. The van der Waals surface area contributed by atoms with Gasteiger partial charge in [-0.25, -0.2) is 4.39 Å². The molecule has 0 aliphatic heterocycles. The number of hydrogen-bond donors (Lipinski definition) is 2. The van der Waals surface area contributed by atoms with Crippen LogP contribution in [-0.4, -0.2) is 19.1 Å². The van der Waals surface area contributed by atoms with Crippen molar-refractivity contribution in [2.45, 2.75) is 25.7 Å². The number of nitrogen functional groups attached to an aromatic ring is 1. The molecule has 1 aromatic rings. The molecule has 4 nitrogen and oxygen atoms in total. The molecule has 0 bridgehead atoms. The Labute approximate surface area is 112 Å². The lowest BCUT2D eigenvalue weighted by Gasteiger charge is -2.08. The van der Waals surface area contributed by atoms with Crippen LogP contribution in [0.1, 0.15) is 25.7 Å². The van der Waals surface area contributed by atoms with E-state index >= 15 is 0 Å². The number of carbonyl (C=O) groups excluding carboxylic acids is 1. The van der Waals surface area contributed by atoms with E-state index in [4.69, 9.17) is 10.5 Å². The molecule has 1 amide bonds. The summed E-state index contributed by atoms with van der Waals surface area (Å²) in [5.41, 5.74) is 6.26. The molecule has 2 rings (SSSR count). The van der Waals surface area contributed by atoms with Gasteiger partial charge in [0.05, 0.1) is 24.4 Å². The number of nitrogens with one attached hydrogen (secondary N) is 1. The van der Waals surface area contributed by atoms with Crippen LogP contribution >= 0.6 is 0 Å². The van der Waals surface area contributed by atoms with Crippen LogP contribution in [0.25, 0.3) is 0 Å². The van der Waals surface area contributed by atoms with E-state index in [1.807, 2.05) is 0 Å². The summed E-state index contributed by atoms with van der Waals surface area (Å²) >= 11 is 0. The molecule has 19 heavy (non-hydrogen) atoms. The number of rotatable bonds is 7. The highest BCUT2D eigenvalue weighted by Gasteiger charge is 2.20. The van der Waals surface area contributed by atoms with Gasteiger partial charge in [-0.2, -0.15) is 0 Å². The molecule has 104 valence electrons. The Morgan fingerprint density at radius 3 is 2.89 bits per heavy atom. The maximum absolute atomic E-state index is 12.8. The zero-order valence-electron chi connectivity index (χ0n) is 10.8. The van der Waals surface area contributed by atoms with Crippen molar-refractivity contribution >= 4 is 17.3 Å². The van der Waals surface area contributed by atoms with Gasteiger partial charge in [0.2, 0.25) is 5.91 Å². The molecule has 0 saturated heterocycles. The van der Waals surface area contributed by atoms with Gasteiger partial charge in [0.25, 0.3) is 0 Å². The van der Waals surface area contributed by atoms with E-state index in [2.05, 4.69) is 5.32 Å². The molecule has 0 atom stereocenters. The van der Waals surface area contributed by atoms with Crippen LogP contribution in [0, 0.1) is 11.7 Å². The van der Waals surface area contributed by atoms with Crippen LogP contribution in [0.3, 0.4) is 0 Å². The molecule has 0 aromatic heterocycles. The molecule has 3 N–H and O–H groups in total. The monoisotopic (exact) mass is 266 g/mol. The van der Waals surface area contributed by atoms with E-state index in [-0.39, 0.29) is 18.0 Å². The molecule has 0 heterocycles. The van der Waals surface area contributed by atoms with Gasteiger partial charge in [-0.1, -0.05) is 12.8 Å². The number of nitrogens with two attached hydrogens (primary N) is 1. The first-order chi connectivity index (χ1) is 9.15. The first-order valence-electron chi connectivity index (χ1n) is 6.58. The number of ether oxygens (including phenoxy) is 1. The Morgan fingerprint density at radius 2 is 2.21 bits per heavy atom. The zero-order valence-corrected chi connectivity index (χ0v) is 10.8. The molecule has 1 aliphatic rings. The van der Waals surface area contributed by atoms with Crippen LogP contribution in [0.2, 0.25) is 0 Å².